The Morgan fingerprint density at radius 3 is 3.00 bits per heavy atom. The van der Waals surface area contributed by atoms with E-state index in [0.717, 1.165) is 23.7 Å². The Labute approximate surface area is 99.1 Å². The molecule has 0 aliphatic heterocycles. The Hall–Kier alpha value is -1.20. The van der Waals surface area contributed by atoms with Crippen LogP contribution in [-0.4, -0.2) is 15.2 Å². The van der Waals surface area contributed by atoms with Crippen molar-refractivity contribution < 1.29 is 0 Å². The van der Waals surface area contributed by atoms with Crippen LogP contribution >= 0.6 is 11.3 Å². The van der Waals surface area contributed by atoms with Gasteiger partial charge in [0.05, 0.1) is 12.2 Å². The molecule has 0 spiro atoms. The van der Waals surface area contributed by atoms with E-state index in [2.05, 4.69) is 27.4 Å². The Balaban J connectivity index is 1.96. The van der Waals surface area contributed by atoms with Gasteiger partial charge in [-0.15, -0.1) is 11.3 Å². The summed E-state index contributed by atoms with van der Waals surface area (Å²) in [6, 6.07) is 0.342. The summed E-state index contributed by atoms with van der Waals surface area (Å²) in [5.41, 5.74) is 2.34. The second-order valence-corrected chi connectivity index (χ2v) is 4.66. The molecule has 0 aromatic carbocycles. The molecule has 2 aromatic heterocycles. The summed E-state index contributed by atoms with van der Waals surface area (Å²) < 4.78 is 0. The number of H-pyrrole nitrogens is 1. The first-order valence-electron chi connectivity index (χ1n) is 5.43. The molecule has 0 saturated heterocycles. The van der Waals surface area contributed by atoms with E-state index < -0.39 is 0 Å². The summed E-state index contributed by atoms with van der Waals surface area (Å²) in [5, 5.41) is 13.6. The third-order valence-corrected chi connectivity index (χ3v) is 3.52. The number of rotatable bonds is 5. The van der Waals surface area contributed by atoms with Crippen LogP contribution in [0.4, 0.5) is 0 Å². The van der Waals surface area contributed by atoms with E-state index in [-0.39, 0.29) is 0 Å². The molecular weight excluding hydrogens is 220 g/mol. The molecule has 4 nitrogen and oxygen atoms in total. The molecule has 16 heavy (non-hydrogen) atoms. The van der Waals surface area contributed by atoms with Crippen molar-refractivity contribution in [3.05, 3.63) is 34.0 Å². The van der Waals surface area contributed by atoms with Crippen molar-refractivity contribution in [2.45, 2.75) is 32.9 Å². The molecule has 5 heteroatoms. The number of aromatic nitrogens is 3. The van der Waals surface area contributed by atoms with E-state index >= 15 is 0 Å². The maximum Gasteiger partial charge on any atom is 0.109 e. The number of hydrogen-bond acceptors (Lipinski definition) is 4. The number of aromatic amines is 1. The predicted molar refractivity (Wildman–Crippen MR) is 65.3 cm³/mol. The molecule has 0 radical (unpaired) electrons. The van der Waals surface area contributed by atoms with Crippen LogP contribution in [0.1, 0.15) is 35.7 Å². The van der Waals surface area contributed by atoms with Crippen LogP contribution in [0.3, 0.4) is 0 Å². The van der Waals surface area contributed by atoms with Crippen molar-refractivity contribution >= 4 is 11.3 Å². The molecule has 2 N–H and O–H groups in total. The van der Waals surface area contributed by atoms with Gasteiger partial charge in [-0.05, 0) is 13.3 Å². The van der Waals surface area contributed by atoms with E-state index in [1.807, 2.05) is 24.7 Å². The lowest BCUT2D eigenvalue weighted by molar-refractivity contribution is 0.516. The summed E-state index contributed by atoms with van der Waals surface area (Å²) in [4.78, 5) is 4.34. The number of hydrogen-bond donors (Lipinski definition) is 2. The first-order valence-corrected chi connectivity index (χ1v) is 6.30. The molecule has 2 rings (SSSR count). The zero-order valence-electron chi connectivity index (χ0n) is 9.53. The smallest absolute Gasteiger partial charge is 0.109 e. The van der Waals surface area contributed by atoms with E-state index in [0.29, 0.717) is 6.04 Å². The van der Waals surface area contributed by atoms with Crippen LogP contribution in [0.5, 0.6) is 0 Å². The Morgan fingerprint density at radius 1 is 1.56 bits per heavy atom. The SMILES string of the molecule is CCC(NCc1cn[nH]c1C)c1nccs1. The van der Waals surface area contributed by atoms with Gasteiger partial charge in [-0.1, -0.05) is 6.92 Å². The van der Waals surface area contributed by atoms with Gasteiger partial charge in [-0.2, -0.15) is 5.10 Å². The van der Waals surface area contributed by atoms with Gasteiger partial charge in [0.2, 0.25) is 0 Å². The lowest BCUT2D eigenvalue weighted by atomic mass is 10.2. The van der Waals surface area contributed by atoms with E-state index in [1.165, 1.54) is 5.56 Å². The number of thiazole rings is 1. The van der Waals surface area contributed by atoms with E-state index in [9.17, 15) is 0 Å². The molecule has 0 fully saturated rings. The van der Waals surface area contributed by atoms with Crippen LogP contribution in [0, 0.1) is 6.92 Å². The van der Waals surface area contributed by atoms with Crippen LogP contribution in [-0.2, 0) is 6.54 Å². The Kier molecular flexibility index (Phi) is 3.69. The van der Waals surface area contributed by atoms with E-state index in [1.54, 1.807) is 11.3 Å². The van der Waals surface area contributed by atoms with Crippen molar-refractivity contribution in [3.63, 3.8) is 0 Å². The first-order chi connectivity index (χ1) is 7.81. The highest BCUT2D eigenvalue weighted by Gasteiger charge is 2.11. The highest BCUT2D eigenvalue weighted by Crippen LogP contribution is 2.19. The van der Waals surface area contributed by atoms with Crippen LogP contribution in [0.15, 0.2) is 17.8 Å². The molecule has 2 aromatic rings. The first kappa shape index (κ1) is 11.3. The van der Waals surface area contributed by atoms with Crippen LogP contribution < -0.4 is 5.32 Å². The van der Waals surface area contributed by atoms with Crippen molar-refractivity contribution in [1.82, 2.24) is 20.5 Å². The molecule has 86 valence electrons. The third kappa shape index (κ3) is 2.48. The largest absolute Gasteiger partial charge is 0.304 e. The summed E-state index contributed by atoms with van der Waals surface area (Å²) >= 11 is 1.70. The van der Waals surface area contributed by atoms with Crippen LogP contribution in [0.2, 0.25) is 0 Å². The zero-order chi connectivity index (χ0) is 11.4. The average Bonchev–Trinajstić information content (AvgIpc) is 2.92. The van der Waals surface area contributed by atoms with Gasteiger partial charge in [0.15, 0.2) is 0 Å². The zero-order valence-corrected chi connectivity index (χ0v) is 10.3. The second kappa shape index (κ2) is 5.23. The monoisotopic (exact) mass is 236 g/mol. The maximum absolute atomic E-state index is 4.34. The summed E-state index contributed by atoms with van der Waals surface area (Å²) in [6.45, 7) is 5.04. The fourth-order valence-corrected chi connectivity index (χ4v) is 2.40. The van der Waals surface area contributed by atoms with Gasteiger partial charge >= 0.3 is 0 Å². The predicted octanol–water partition coefficient (Wildman–Crippen LogP) is 2.42. The van der Waals surface area contributed by atoms with Gasteiger partial charge in [-0.3, -0.25) is 5.10 Å². The lowest BCUT2D eigenvalue weighted by Crippen LogP contribution is -2.20. The van der Waals surface area contributed by atoms with Gasteiger partial charge in [0.1, 0.15) is 5.01 Å². The van der Waals surface area contributed by atoms with Crippen molar-refractivity contribution in [1.29, 1.82) is 0 Å². The van der Waals surface area contributed by atoms with Gasteiger partial charge < -0.3 is 5.32 Å². The van der Waals surface area contributed by atoms with Crippen LogP contribution in [0.25, 0.3) is 0 Å². The number of nitrogens with zero attached hydrogens (tertiary/aromatic N) is 2. The average molecular weight is 236 g/mol. The molecule has 0 amide bonds. The molecule has 0 aliphatic carbocycles. The quantitative estimate of drug-likeness (QED) is 0.838. The molecule has 1 unspecified atom stereocenters. The second-order valence-electron chi connectivity index (χ2n) is 3.73. The standard InChI is InChI=1S/C11H16N4S/c1-3-10(11-12-4-5-16-11)13-6-9-7-14-15-8(9)2/h4-5,7,10,13H,3,6H2,1-2H3,(H,14,15). The van der Waals surface area contributed by atoms with E-state index in [4.69, 9.17) is 0 Å². The molecular formula is C11H16N4S. The summed E-state index contributed by atoms with van der Waals surface area (Å²) in [7, 11) is 0. The summed E-state index contributed by atoms with van der Waals surface area (Å²) in [5.74, 6) is 0. The van der Waals surface area contributed by atoms with Crippen molar-refractivity contribution in [2.24, 2.45) is 0 Å². The molecule has 2 heterocycles. The Bertz CT molecular complexity index is 421. The minimum Gasteiger partial charge on any atom is -0.304 e. The van der Waals surface area contributed by atoms with Gasteiger partial charge in [0, 0.05) is 29.4 Å². The Morgan fingerprint density at radius 2 is 2.44 bits per heavy atom. The minimum absolute atomic E-state index is 0.342. The molecule has 1 atom stereocenters. The van der Waals surface area contributed by atoms with Crippen molar-refractivity contribution in [2.75, 3.05) is 0 Å². The number of aryl methyl sites for hydroxylation is 1. The molecule has 0 aliphatic rings. The highest BCUT2D eigenvalue weighted by molar-refractivity contribution is 7.09. The third-order valence-electron chi connectivity index (χ3n) is 2.63. The summed E-state index contributed by atoms with van der Waals surface area (Å²) in [6.07, 6.45) is 4.77. The van der Waals surface area contributed by atoms with Gasteiger partial charge in [0.25, 0.3) is 0 Å². The fraction of sp³-hybridized carbons (Fsp3) is 0.455. The normalized spacial score (nSPS) is 12.9. The van der Waals surface area contributed by atoms with Gasteiger partial charge in [-0.25, -0.2) is 4.98 Å². The topological polar surface area (TPSA) is 53.6 Å². The fourth-order valence-electron chi connectivity index (χ4n) is 1.60. The lowest BCUT2D eigenvalue weighted by Gasteiger charge is -2.13. The highest BCUT2D eigenvalue weighted by atomic mass is 32.1. The van der Waals surface area contributed by atoms with Crippen molar-refractivity contribution in [3.8, 4) is 0 Å². The maximum atomic E-state index is 4.34. The minimum atomic E-state index is 0.342. The number of nitrogens with one attached hydrogen (secondary N) is 2. The molecule has 0 bridgehead atoms. The molecule has 0 saturated carbocycles.